The fourth-order valence-corrected chi connectivity index (χ4v) is 7.08. The van der Waals surface area contributed by atoms with Gasteiger partial charge < -0.3 is 0 Å². The van der Waals surface area contributed by atoms with Crippen LogP contribution in [0.2, 0.25) is 0 Å². The number of benzene rings is 7. The van der Waals surface area contributed by atoms with E-state index in [1.807, 2.05) is 18.3 Å². The molecule has 7 aromatic carbocycles. The first-order chi connectivity index (χ1) is 25.8. The van der Waals surface area contributed by atoms with E-state index in [1.54, 1.807) is 6.20 Å². The predicted molar refractivity (Wildman–Crippen MR) is 215 cm³/mol. The summed E-state index contributed by atoms with van der Waals surface area (Å²) in [4.78, 5) is 15.2. The normalized spacial score (nSPS) is 11.1. The molecule has 0 saturated carbocycles. The van der Waals surface area contributed by atoms with Crippen molar-refractivity contribution in [2.45, 2.75) is 0 Å². The molecule has 0 radical (unpaired) electrons. The van der Waals surface area contributed by atoms with Crippen LogP contribution in [0.4, 0.5) is 0 Å². The van der Waals surface area contributed by atoms with Gasteiger partial charge in [-0.15, -0.1) is 0 Å². The van der Waals surface area contributed by atoms with Gasteiger partial charge in [-0.2, -0.15) is 0 Å². The van der Waals surface area contributed by atoms with E-state index >= 15 is 0 Å². The Balaban J connectivity index is 1.31. The lowest BCUT2D eigenvalue weighted by Gasteiger charge is -2.19. The molecular formula is C49H33N3. The van der Waals surface area contributed by atoms with Gasteiger partial charge in [-0.3, -0.25) is 4.98 Å². The number of hydrogen-bond donors (Lipinski definition) is 0. The maximum atomic E-state index is 5.45. The van der Waals surface area contributed by atoms with Gasteiger partial charge >= 0.3 is 0 Å². The van der Waals surface area contributed by atoms with E-state index < -0.39 is 0 Å². The standard InChI is InChI=1S/C49H33N3/c1-4-15-35(16-5-1)40-22-10-12-24-42(40)44-31-46-47(32-45(44)43-25-13-11-23-41(43)36-17-6-2-7-18-36)52-49(48(51-46)37-19-8-3-9-20-37)38-28-26-34(27-29-38)39-21-14-30-50-33-39/h1-33H. The Bertz CT molecular complexity index is 2640. The number of nitrogens with zero attached hydrogens (tertiary/aromatic N) is 3. The summed E-state index contributed by atoms with van der Waals surface area (Å²) in [6.45, 7) is 0. The van der Waals surface area contributed by atoms with Gasteiger partial charge in [0.1, 0.15) is 0 Å². The molecule has 0 unspecified atom stereocenters. The lowest BCUT2D eigenvalue weighted by molar-refractivity contribution is 1.29. The first-order valence-corrected chi connectivity index (χ1v) is 17.5. The Labute approximate surface area is 303 Å². The van der Waals surface area contributed by atoms with Crippen molar-refractivity contribution in [1.29, 1.82) is 0 Å². The summed E-state index contributed by atoms with van der Waals surface area (Å²) >= 11 is 0. The van der Waals surface area contributed by atoms with Gasteiger partial charge in [-0.05, 0) is 73.8 Å². The Hall–Kier alpha value is -6.97. The van der Waals surface area contributed by atoms with Crippen LogP contribution in [0.25, 0.3) is 89.2 Å². The molecule has 52 heavy (non-hydrogen) atoms. The SMILES string of the molecule is c1ccc(-c2ccccc2-c2cc3nc(-c4ccccc4)c(-c4ccc(-c5cccnc5)cc4)nc3cc2-c2ccccc2-c2ccccc2)cc1. The summed E-state index contributed by atoms with van der Waals surface area (Å²) < 4.78 is 0. The van der Waals surface area contributed by atoms with E-state index in [2.05, 4.69) is 181 Å². The molecule has 0 N–H and O–H groups in total. The molecule has 0 fully saturated rings. The largest absolute Gasteiger partial charge is 0.264 e. The van der Waals surface area contributed by atoms with Gasteiger partial charge in [0.05, 0.1) is 22.4 Å². The highest BCUT2D eigenvalue weighted by Gasteiger charge is 2.20. The quantitative estimate of drug-likeness (QED) is 0.170. The van der Waals surface area contributed by atoms with Gasteiger partial charge in [0, 0.05) is 23.5 Å². The van der Waals surface area contributed by atoms with E-state index in [-0.39, 0.29) is 0 Å². The zero-order valence-corrected chi connectivity index (χ0v) is 28.4. The van der Waals surface area contributed by atoms with Crippen LogP contribution in [0.15, 0.2) is 200 Å². The van der Waals surface area contributed by atoms with Crippen molar-refractivity contribution in [3.05, 3.63) is 200 Å². The maximum Gasteiger partial charge on any atom is 0.0973 e. The van der Waals surface area contributed by atoms with Crippen LogP contribution in [0.3, 0.4) is 0 Å². The maximum absolute atomic E-state index is 5.45. The highest BCUT2D eigenvalue weighted by molar-refractivity contribution is 6.01. The molecule has 2 aromatic heterocycles. The Morgan fingerprint density at radius 2 is 0.654 bits per heavy atom. The summed E-state index contributed by atoms with van der Waals surface area (Å²) in [6, 6.07) is 66.0. The van der Waals surface area contributed by atoms with Crippen LogP contribution in [0.5, 0.6) is 0 Å². The minimum atomic E-state index is 0.838. The third kappa shape index (κ3) is 5.95. The second-order valence-corrected chi connectivity index (χ2v) is 12.8. The summed E-state index contributed by atoms with van der Waals surface area (Å²) in [6.07, 6.45) is 3.69. The first kappa shape index (κ1) is 31.0. The number of fused-ring (bicyclic) bond motifs is 1. The minimum Gasteiger partial charge on any atom is -0.264 e. The van der Waals surface area contributed by atoms with Crippen molar-refractivity contribution in [3.8, 4) is 78.1 Å². The van der Waals surface area contributed by atoms with E-state index in [0.29, 0.717) is 0 Å². The number of pyridine rings is 1. The molecule has 3 nitrogen and oxygen atoms in total. The van der Waals surface area contributed by atoms with Gasteiger partial charge in [0.15, 0.2) is 0 Å². The second-order valence-electron chi connectivity index (χ2n) is 12.8. The van der Waals surface area contributed by atoms with E-state index in [0.717, 1.165) is 66.9 Å². The molecule has 244 valence electrons. The number of hydrogen-bond acceptors (Lipinski definition) is 3. The Kier molecular flexibility index (Phi) is 8.20. The molecule has 9 aromatic rings. The summed E-state index contributed by atoms with van der Waals surface area (Å²) in [7, 11) is 0. The van der Waals surface area contributed by atoms with E-state index in [9.17, 15) is 0 Å². The average molecular weight is 664 g/mol. The Morgan fingerprint density at radius 1 is 0.269 bits per heavy atom. The van der Waals surface area contributed by atoms with Gasteiger partial charge in [0.25, 0.3) is 0 Å². The molecule has 0 bridgehead atoms. The second kappa shape index (κ2) is 13.7. The third-order valence-electron chi connectivity index (χ3n) is 9.61. The zero-order valence-electron chi connectivity index (χ0n) is 28.4. The third-order valence-corrected chi connectivity index (χ3v) is 9.61. The highest BCUT2D eigenvalue weighted by Crippen LogP contribution is 2.44. The monoisotopic (exact) mass is 663 g/mol. The van der Waals surface area contributed by atoms with Crippen molar-refractivity contribution in [2.75, 3.05) is 0 Å². The molecule has 0 aliphatic carbocycles. The van der Waals surface area contributed by atoms with Crippen molar-refractivity contribution in [2.24, 2.45) is 0 Å². The summed E-state index contributed by atoms with van der Waals surface area (Å²) in [5, 5.41) is 0. The lowest BCUT2D eigenvalue weighted by Crippen LogP contribution is -1.98. The molecule has 0 saturated heterocycles. The molecule has 9 rings (SSSR count). The van der Waals surface area contributed by atoms with E-state index in [1.165, 1.54) is 22.3 Å². The summed E-state index contributed by atoms with van der Waals surface area (Å²) in [5.41, 5.74) is 16.8. The molecule has 3 heteroatoms. The average Bonchev–Trinajstić information content (AvgIpc) is 3.24. The lowest BCUT2D eigenvalue weighted by atomic mass is 9.86. The zero-order chi connectivity index (χ0) is 34.7. The first-order valence-electron chi connectivity index (χ1n) is 17.5. The van der Waals surface area contributed by atoms with Crippen LogP contribution in [0, 0.1) is 0 Å². The predicted octanol–water partition coefficient (Wildman–Crippen LogP) is 12.7. The fraction of sp³-hybridized carbons (Fsp3) is 0. The smallest absolute Gasteiger partial charge is 0.0973 e. The Morgan fingerprint density at radius 3 is 1.12 bits per heavy atom. The van der Waals surface area contributed by atoms with Crippen LogP contribution < -0.4 is 0 Å². The van der Waals surface area contributed by atoms with Gasteiger partial charge in [0.2, 0.25) is 0 Å². The summed E-state index contributed by atoms with van der Waals surface area (Å²) in [5.74, 6) is 0. The number of aromatic nitrogens is 3. The molecular weight excluding hydrogens is 631 g/mol. The van der Waals surface area contributed by atoms with Crippen LogP contribution in [-0.2, 0) is 0 Å². The topological polar surface area (TPSA) is 38.7 Å². The molecule has 0 amide bonds. The fourth-order valence-electron chi connectivity index (χ4n) is 7.08. The minimum absolute atomic E-state index is 0.838. The number of rotatable bonds is 7. The van der Waals surface area contributed by atoms with Gasteiger partial charge in [-0.1, -0.05) is 170 Å². The van der Waals surface area contributed by atoms with Crippen molar-refractivity contribution in [3.63, 3.8) is 0 Å². The van der Waals surface area contributed by atoms with Crippen LogP contribution in [0.1, 0.15) is 0 Å². The highest BCUT2D eigenvalue weighted by atomic mass is 14.8. The molecule has 2 heterocycles. The van der Waals surface area contributed by atoms with Crippen molar-refractivity contribution in [1.82, 2.24) is 15.0 Å². The molecule has 0 spiro atoms. The van der Waals surface area contributed by atoms with Gasteiger partial charge in [-0.25, -0.2) is 9.97 Å². The van der Waals surface area contributed by atoms with Crippen molar-refractivity contribution >= 4 is 11.0 Å². The van der Waals surface area contributed by atoms with Crippen LogP contribution in [-0.4, -0.2) is 15.0 Å². The van der Waals surface area contributed by atoms with E-state index in [4.69, 9.17) is 9.97 Å². The van der Waals surface area contributed by atoms with Crippen molar-refractivity contribution < 1.29 is 0 Å². The molecule has 0 aliphatic rings. The molecule has 0 aliphatic heterocycles. The molecule has 0 atom stereocenters. The van der Waals surface area contributed by atoms with Crippen LogP contribution >= 0.6 is 0 Å².